The number of aromatic nitrogens is 1. The Labute approximate surface area is 105 Å². The normalized spacial score (nSPS) is 24.3. The number of nitrogens with zero attached hydrogens (tertiary/aromatic N) is 2. The Bertz CT molecular complexity index is 416. The second kappa shape index (κ2) is 5.60. The fourth-order valence-electron chi connectivity index (χ4n) is 2.07. The van der Waals surface area contributed by atoms with E-state index in [2.05, 4.69) is 4.98 Å². The lowest BCUT2D eigenvalue weighted by molar-refractivity contribution is -0.0106. The smallest absolute Gasteiger partial charge is 0.142 e. The number of hydrogen-bond acceptors (Lipinski definition) is 5. The molecule has 100 valence electrons. The van der Waals surface area contributed by atoms with E-state index in [0.717, 1.165) is 6.20 Å². The predicted molar refractivity (Wildman–Crippen MR) is 63.8 cm³/mol. The minimum Gasteiger partial charge on any atom is -0.394 e. The molecule has 0 bridgehead atoms. The zero-order valence-corrected chi connectivity index (χ0v) is 10.2. The van der Waals surface area contributed by atoms with E-state index in [4.69, 9.17) is 9.84 Å². The van der Waals surface area contributed by atoms with Gasteiger partial charge in [0, 0.05) is 12.1 Å². The molecule has 1 saturated heterocycles. The molecule has 2 heterocycles. The fraction of sp³-hybridized carbons (Fsp3) is 0.583. The summed E-state index contributed by atoms with van der Waals surface area (Å²) >= 11 is 0. The van der Waals surface area contributed by atoms with E-state index in [1.165, 1.54) is 6.07 Å². The van der Waals surface area contributed by atoms with Crippen molar-refractivity contribution in [3.05, 3.63) is 23.6 Å². The standard InChI is InChI=1S/C12H17FN2O3/c1-8-7-18-11(6-17)4-15(8)12-9(5-16)2-10(13)3-14-12/h2-3,8,11,16-17H,4-7H2,1H3. The van der Waals surface area contributed by atoms with Crippen LogP contribution in [0.25, 0.3) is 0 Å². The molecule has 0 spiro atoms. The highest BCUT2D eigenvalue weighted by atomic mass is 19.1. The molecular weight excluding hydrogens is 239 g/mol. The van der Waals surface area contributed by atoms with E-state index in [1.807, 2.05) is 11.8 Å². The van der Waals surface area contributed by atoms with E-state index in [-0.39, 0.29) is 25.4 Å². The molecule has 1 aliphatic rings. The van der Waals surface area contributed by atoms with Gasteiger partial charge in [0.2, 0.25) is 0 Å². The van der Waals surface area contributed by atoms with Crippen molar-refractivity contribution in [2.24, 2.45) is 0 Å². The summed E-state index contributed by atoms with van der Waals surface area (Å²) in [5.74, 6) is 0.0792. The van der Waals surface area contributed by atoms with Gasteiger partial charge in [-0.2, -0.15) is 0 Å². The van der Waals surface area contributed by atoms with Gasteiger partial charge in [-0.05, 0) is 13.0 Å². The van der Waals surface area contributed by atoms with E-state index in [9.17, 15) is 9.50 Å². The molecule has 2 rings (SSSR count). The maximum Gasteiger partial charge on any atom is 0.142 e. The van der Waals surface area contributed by atoms with Gasteiger partial charge in [-0.3, -0.25) is 0 Å². The Morgan fingerprint density at radius 2 is 2.33 bits per heavy atom. The minimum absolute atomic E-state index is 0.0658. The van der Waals surface area contributed by atoms with E-state index < -0.39 is 5.82 Å². The molecular formula is C12H17FN2O3. The Hall–Kier alpha value is -1.24. The number of aliphatic hydroxyl groups is 2. The molecule has 0 aliphatic carbocycles. The molecule has 0 aromatic carbocycles. The van der Waals surface area contributed by atoms with Gasteiger partial charge in [0.05, 0.1) is 38.2 Å². The van der Waals surface area contributed by atoms with E-state index >= 15 is 0 Å². The van der Waals surface area contributed by atoms with Crippen LogP contribution in [-0.2, 0) is 11.3 Å². The number of hydrogen-bond donors (Lipinski definition) is 2. The van der Waals surface area contributed by atoms with Gasteiger partial charge in [0.25, 0.3) is 0 Å². The molecule has 6 heteroatoms. The quantitative estimate of drug-likeness (QED) is 0.814. The third-order valence-corrected chi connectivity index (χ3v) is 3.06. The molecule has 2 N–H and O–H groups in total. The SMILES string of the molecule is CC1COC(CO)CN1c1ncc(F)cc1CO. The molecule has 2 atom stereocenters. The number of anilines is 1. The van der Waals surface area contributed by atoms with Crippen LogP contribution >= 0.6 is 0 Å². The lowest BCUT2D eigenvalue weighted by Gasteiger charge is -2.39. The molecule has 0 radical (unpaired) electrons. The zero-order chi connectivity index (χ0) is 13.1. The van der Waals surface area contributed by atoms with Gasteiger partial charge < -0.3 is 19.8 Å². The largest absolute Gasteiger partial charge is 0.394 e. The Morgan fingerprint density at radius 1 is 1.56 bits per heavy atom. The molecule has 2 unspecified atom stereocenters. The van der Waals surface area contributed by atoms with Crippen LogP contribution in [0.5, 0.6) is 0 Å². The van der Waals surface area contributed by atoms with Crippen LogP contribution in [-0.4, -0.2) is 47.1 Å². The maximum atomic E-state index is 13.1. The van der Waals surface area contributed by atoms with E-state index in [0.29, 0.717) is 24.5 Å². The molecule has 1 aromatic rings. The monoisotopic (exact) mass is 256 g/mol. The summed E-state index contributed by atoms with van der Waals surface area (Å²) in [5.41, 5.74) is 0.445. The van der Waals surface area contributed by atoms with Crippen molar-refractivity contribution in [1.82, 2.24) is 4.98 Å². The highest BCUT2D eigenvalue weighted by Crippen LogP contribution is 2.24. The van der Waals surface area contributed by atoms with Crippen LogP contribution in [0.3, 0.4) is 0 Å². The molecule has 0 saturated carbocycles. The number of aliphatic hydroxyl groups excluding tert-OH is 2. The van der Waals surface area contributed by atoms with Crippen molar-refractivity contribution in [1.29, 1.82) is 0 Å². The molecule has 0 amide bonds. The van der Waals surface area contributed by atoms with Crippen LogP contribution in [0.4, 0.5) is 10.2 Å². The van der Waals surface area contributed by atoms with Crippen molar-refractivity contribution in [3.63, 3.8) is 0 Å². The first-order chi connectivity index (χ1) is 8.65. The van der Waals surface area contributed by atoms with Gasteiger partial charge in [-0.1, -0.05) is 0 Å². The zero-order valence-electron chi connectivity index (χ0n) is 10.2. The van der Waals surface area contributed by atoms with Gasteiger partial charge in [0.15, 0.2) is 0 Å². The minimum atomic E-state index is -0.470. The number of halogens is 1. The lowest BCUT2D eigenvalue weighted by Crippen LogP contribution is -2.50. The average molecular weight is 256 g/mol. The Kier molecular flexibility index (Phi) is 4.11. The molecule has 1 aromatic heterocycles. The van der Waals surface area contributed by atoms with Crippen molar-refractivity contribution >= 4 is 5.82 Å². The van der Waals surface area contributed by atoms with Crippen LogP contribution in [0, 0.1) is 5.82 Å². The summed E-state index contributed by atoms with van der Waals surface area (Å²) in [4.78, 5) is 5.97. The second-order valence-electron chi connectivity index (χ2n) is 4.43. The molecule has 5 nitrogen and oxygen atoms in total. The number of ether oxygens (including phenoxy) is 1. The van der Waals surface area contributed by atoms with Crippen LogP contribution in [0.2, 0.25) is 0 Å². The van der Waals surface area contributed by atoms with Crippen molar-refractivity contribution in [2.75, 3.05) is 24.7 Å². The summed E-state index contributed by atoms with van der Waals surface area (Å²) in [7, 11) is 0. The topological polar surface area (TPSA) is 65.8 Å². The number of pyridine rings is 1. The summed E-state index contributed by atoms with van der Waals surface area (Å²) < 4.78 is 18.5. The number of rotatable bonds is 3. The highest BCUT2D eigenvalue weighted by molar-refractivity contribution is 5.48. The van der Waals surface area contributed by atoms with Gasteiger partial charge in [0.1, 0.15) is 11.6 Å². The van der Waals surface area contributed by atoms with Crippen LogP contribution in [0.15, 0.2) is 12.3 Å². The average Bonchev–Trinajstić information content (AvgIpc) is 2.39. The van der Waals surface area contributed by atoms with E-state index in [1.54, 1.807) is 0 Å². The van der Waals surface area contributed by atoms with Gasteiger partial charge in [-0.15, -0.1) is 0 Å². The Morgan fingerprint density at radius 3 is 3.00 bits per heavy atom. The van der Waals surface area contributed by atoms with Gasteiger partial charge in [-0.25, -0.2) is 9.37 Å². The second-order valence-corrected chi connectivity index (χ2v) is 4.43. The molecule has 18 heavy (non-hydrogen) atoms. The first kappa shape index (κ1) is 13.2. The van der Waals surface area contributed by atoms with Crippen LogP contribution in [0.1, 0.15) is 12.5 Å². The first-order valence-corrected chi connectivity index (χ1v) is 5.90. The van der Waals surface area contributed by atoms with Crippen LogP contribution < -0.4 is 4.90 Å². The predicted octanol–water partition coefficient (Wildman–Crippen LogP) is 0.299. The first-order valence-electron chi connectivity index (χ1n) is 5.90. The third kappa shape index (κ3) is 2.60. The summed E-state index contributed by atoms with van der Waals surface area (Å²) in [6.07, 6.45) is 0.851. The lowest BCUT2D eigenvalue weighted by atomic mass is 10.1. The Balaban J connectivity index is 2.28. The summed E-state index contributed by atoms with van der Waals surface area (Å²) in [6, 6.07) is 1.34. The van der Waals surface area contributed by atoms with Crippen molar-refractivity contribution in [2.45, 2.75) is 25.7 Å². The van der Waals surface area contributed by atoms with Crippen molar-refractivity contribution < 1.29 is 19.3 Å². The fourth-order valence-corrected chi connectivity index (χ4v) is 2.07. The third-order valence-electron chi connectivity index (χ3n) is 3.06. The maximum absolute atomic E-state index is 13.1. The van der Waals surface area contributed by atoms with Crippen molar-refractivity contribution in [3.8, 4) is 0 Å². The highest BCUT2D eigenvalue weighted by Gasteiger charge is 2.28. The molecule has 1 fully saturated rings. The summed E-state index contributed by atoms with van der Waals surface area (Å²) in [6.45, 7) is 2.56. The number of morpholine rings is 1. The molecule has 1 aliphatic heterocycles. The van der Waals surface area contributed by atoms with Gasteiger partial charge >= 0.3 is 0 Å². The summed E-state index contributed by atoms with van der Waals surface area (Å²) in [5, 5.41) is 18.4.